The Balaban J connectivity index is 2.95. The number of aromatic amines is 1. The van der Waals surface area contributed by atoms with Crippen LogP contribution < -0.4 is 5.73 Å². The number of nitrogens with zero attached hydrogens (tertiary/aromatic N) is 5. The molecule has 0 amide bonds. The molecule has 7 nitrogen and oxygen atoms in total. The number of H-pyrrole nitrogens is 1. The third kappa shape index (κ3) is 1.02. The number of rotatable bonds is 0. The number of fused-ring (bicyclic) bond motifs is 1. The van der Waals surface area contributed by atoms with Gasteiger partial charge >= 0.3 is 0 Å². The van der Waals surface area contributed by atoms with Crippen molar-refractivity contribution in [3.8, 4) is 6.07 Å². The van der Waals surface area contributed by atoms with E-state index in [2.05, 4.69) is 20.3 Å². The largest absolute Gasteiger partial charge is 0.381 e. The van der Waals surface area contributed by atoms with Crippen LogP contribution in [0.25, 0.3) is 5.78 Å². The van der Waals surface area contributed by atoms with Crippen molar-refractivity contribution in [2.24, 2.45) is 0 Å². The van der Waals surface area contributed by atoms with E-state index in [1.165, 1.54) is 4.52 Å². The number of nitrogen functional groups attached to an aromatic ring is 1. The van der Waals surface area contributed by atoms with E-state index in [9.17, 15) is 0 Å². The average molecular weight is 193 g/mol. The predicted octanol–water partition coefficient (Wildman–Crippen LogP) is -0.364. The minimum atomic E-state index is 0.0381. The first-order valence-corrected chi connectivity index (χ1v) is 3.64. The summed E-state index contributed by atoms with van der Waals surface area (Å²) in [6, 6.07) is 1.80. The molecule has 2 heterocycles. The van der Waals surface area contributed by atoms with E-state index in [1.54, 1.807) is 6.07 Å². The van der Waals surface area contributed by atoms with Crippen molar-refractivity contribution in [1.29, 1.82) is 5.26 Å². The summed E-state index contributed by atoms with van der Waals surface area (Å²) >= 11 is 4.76. The first kappa shape index (κ1) is 7.63. The van der Waals surface area contributed by atoms with E-state index in [4.69, 9.17) is 23.2 Å². The summed E-state index contributed by atoms with van der Waals surface area (Å²) in [4.78, 5) is 3.81. The lowest BCUT2D eigenvalue weighted by molar-refractivity contribution is 0.886. The van der Waals surface area contributed by atoms with E-state index in [0.717, 1.165) is 0 Å². The maximum absolute atomic E-state index is 8.58. The Kier molecular flexibility index (Phi) is 1.46. The SMILES string of the molecule is N#Cc1nnc2nc(=S)[nH]n2c1N. The summed E-state index contributed by atoms with van der Waals surface area (Å²) in [5.41, 5.74) is 5.60. The van der Waals surface area contributed by atoms with Gasteiger partial charge in [0.2, 0.25) is 10.5 Å². The fourth-order valence-corrected chi connectivity index (χ4v) is 1.05. The summed E-state index contributed by atoms with van der Waals surface area (Å²) in [5, 5.41) is 18.4. The molecule has 2 rings (SSSR count). The number of nitrogens with two attached hydrogens (primary N) is 1. The first-order valence-electron chi connectivity index (χ1n) is 3.23. The van der Waals surface area contributed by atoms with Crippen LogP contribution in [0.1, 0.15) is 5.69 Å². The van der Waals surface area contributed by atoms with Gasteiger partial charge < -0.3 is 5.73 Å². The highest BCUT2D eigenvalue weighted by Crippen LogP contribution is 2.05. The van der Waals surface area contributed by atoms with Crippen LogP contribution in [0.4, 0.5) is 5.82 Å². The van der Waals surface area contributed by atoms with Crippen LogP contribution in [0.15, 0.2) is 0 Å². The monoisotopic (exact) mass is 193 g/mol. The molecule has 0 fully saturated rings. The Morgan fingerprint density at radius 1 is 1.54 bits per heavy atom. The molecule has 2 aromatic heterocycles. The van der Waals surface area contributed by atoms with E-state index in [-0.39, 0.29) is 22.1 Å². The molecular formula is C5H3N7S. The zero-order valence-electron chi connectivity index (χ0n) is 6.22. The predicted molar refractivity (Wildman–Crippen MR) is 45.1 cm³/mol. The molecule has 3 N–H and O–H groups in total. The molecule has 0 aliphatic carbocycles. The lowest BCUT2D eigenvalue weighted by Crippen LogP contribution is -2.05. The molecule has 0 radical (unpaired) electrons. The van der Waals surface area contributed by atoms with Crippen molar-refractivity contribution in [1.82, 2.24) is 24.8 Å². The average Bonchev–Trinajstić information content (AvgIpc) is 2.47. The van der Waals surface area contributed by atoms with Crippen LogP contribution >= 0.6 is 12.2 Å². The normalized spacial score (nSPS) is 10.1. The van der Waals surface area contributed by atoms with Crippen molar-refractivity contribution in [3.63, 3.8) is 0 Å². The number of aromatic nitrogens is 5. The second-order valence-corrected chi connectivity index (χ2v) is 2.60. The van der Waals surface area contributed by atoms with Gasteiger partial charge in [-0.25, -0.2) is 0 Å². The molecule has 0 bridgehead atoms. The Morgan fingerprint density at radius 2 is 2.31 bits per heavy atom. The Morgan fingerprint density at radius 3 is 3.00 bits per heavy atom. The molecule has 2 aromatic rings. The third-order valence-corrected chi connectivity index (χ3v) is 1.62. The molecule has 8 heteroatoms. The summed E-state index contributed by atoms with van der Waals surface area (Å²) < 4.78 is 1.56. The third-order valence-electron chi connectivity index (χ3n) is 1.44. The van der Waals surface area contributed by atoms with Crippen LogP contribution in [-0.4, -0.2) is 24.8 Å². The minimum Gasteiger partial charge on any atom is -0.381 e. The Hall–Kier alpha value is -2.01. The van der Waals surface area contributed by atoms with Gasteiger partial charge in [0.05, 0.1) is 0 Å². The summed E-state index contributed by atoms with van der Waals surface area (Å²) in [6.07, 6.45) is 0. The first-order chi connectivity index (χ1) is 6.22. The molecule has 0 atom stereocenters. The maximum atomic E-state index is 8.58. The highest BCUT2D eigenvalue weighted by molar-refractivity contribution is 7.71. The van der Waals surface area contributed by atoms with E-state index in [0.29, 0.717) is 0 Å². The zero-order chi connectivity index (χ0) is 9.42. The van der Waals surface area contributed by atoms with Crippen LogP contribution in [0.3, 0.4) is 0 Å². The van der Waals surface area contributed by atoms with Gasteiger partial charge in [-0.1, -0.05) is 0 Å². The van der Waals surface area contributed by atoms with Gasteiger partial charge in [-0.3, -0.25) is 5.10 Å². The van der Waals surface area contributed by atoms with Gasteiger partial charge in [0.15, 0.2) is 5.82 Å². The molecule has 0 unspecified atom stereocenters. The molecular weight excluding hydrogens is 190 g/mol. The maximum Gasteiger partial charge on any atom is 0.273 e. The van der Waals surface area contributed by atoms with Crippen molar-refractivity contribution in [2.45, 2.75) is 0 Å². The second kappa shape index (κ2) is 2.49. The molecule has 0 aliphatic heterocycles. The van der Waals surface area contributed by atoms with Gasteiger partial charge in [-0.2, -0.15) is 14.8 Å². The number of anilines is 1. The lowest BCUT2D eigenvalue weighted by atomic mass is 10.5. The zero-order valence-corrected chi connectivity index (χ0v) is 7.04. The van der Waals surface area contributed by atoms with Crippen molar-refractivity contribution < 1.29 is 0 Å². The highest BCUT2D eigenvalue weighted by atomic mass is 32.1. The fourth-order valence-electron chi connectivity index (χ4n) is 0.878. The van der Waals surface area contributed by atoms with Crippen molar-refractivity contribution in [2.75, 3.05) is 5.73 Å². The highest BCUT2D eigenvalue weighted by Gasteiger charge is 2.07. The summed E-state index contributed by atoms with van der Waals surface area (Å²) in [7, 11) is 0. The number of hydrogen-bond acceptors (Lipinski definition) is 6. The van der Waals surface area contributed by atoms with Crippen molar-refractivity contribution in [3.05, 3.63) is 10.5 Å². The van der Waals surface area contributed by atoms with Gasteiger partial charge in [0.25, 0.3) is 5.78 Å². The Bertz CT molecular complexity index is 558. The van der Waals surface area contributed by atoms with E-state index in [1.807, 2.05) is 0 Å². The van der Waals surface area contributed by atoms with Crippen molar-refractivity contribution >= 4 is 23.8 Å². The van der Waals surface area contributed by atoms with Crippen LogP contribution in [0, 0.1) is 16.1 Å². The molecule has 64 valence electrons. The number of nitriles is 1. The van der Waals surface area contributed by atoms with Gasteiger partial charge in [-0.05, 0) is 12.2 Å². The van der Waals surface area contributed by atoms with Gasteiger partial charge in [0, 0.05) is 0 Å². The number of hydrogen-bond donors (Lipinski definition) is 2. The van der Waals surface area contributed by atoms with Crippen LogP contribution in [0.5, 0.6) is 0 Å². The topological polar surface area (TPSA) is 109 Å². The fraction of sp³-hybridized carbons (Fsp3) is 0. The molecule has 13 heavy (non-hydrogen) atoms. The number of nitrogens with one attached hydrogen (secondary N) is 1. The Labute approximate surface area is 76.8 Å². The molecule has 0 spiro atoms. The smallest absolute Gasteiger partial charge is 0.273 e. The quantitative estimate of drug-likeness (QED) is 0.553. The van der Waals surface area contributed by atoms with E-state index < -0.39 is 0 Å². The minimum absolute atomic E-state index is 0.0381. The summed E-state index contributed by atoms with van der Waals surface area (Å²) in [6.45, 7) is 0. The molecule has 0 saturated heterocycles. The van der Waals surface area contributed by atoms with E-state index >= 15 is 0 Å². The molecule has 0 aliphatic rings. The van der Waals surface area contributed by atoms with Crippen LogP contribution in [-0.2, 0) is 0 Å². The lowest BCUT2D eigenvalue weighted by Gasteiger charge is -1.96. The summed E-state index contributed by atoms with van der Waals surface area (Å²) in [5.74, 6) is 0.401. The van der Waals surface area contributed by atoms with Gasteiger partial charge in [0.1, 0.15) is 6.07 Å². The molecule has 0 saturated carbocycles. The molecule has 0 aromatic carbocycles. The van der Waals surface area contributed by atoms with Crippen LogP contribution in [0.2, 0.25) is 0 Å². The second-order valence-electron chi connectivity index (χ2n) is 2.21. The standard InChI is InChI=1S/C5H3N7S/c6-1-2-3(7)12-4(10-9-2)8-5(13)11-12/h7H2,(H,11,13). The van der Waals surface area contributed by atoms with Gasteiger partial charge in [-0.15, -0.1) is 10.2 Å².